The second-order valence-corrected chi connectivity index (χ2v) is 6.13. The highest BCUT2D eigenvalue weighted by molar-refractivity contribution is 5.91. The summed E-state index contributed by atoms with van der Waals surface area (Å²) in [5.74, 6) is -1.29. The third-order valence-corrected chi connectivity index (χ3v) is 4.38. The lowest BCUT2D eigenvalue weighted by Gasteiger charge is -2.22. The third-order valence-electron chi connectivity index (χ3n) is 4.38. The fourth-order valence-electron chi connectivity index (χ4n) is 3.05. The maximum atomic E-state index is 13.2. The van der Waals surface area contributed by atoms with E-state index in [1.807, 2.05) is 78.9 Å². The first-order chi connectivity index (χ1) is 13.2. The van der Waals surface area contributed by atoms with Crippen LogP contribution in [0.5, 0.6) is 0 Å². The molecule has 136 valence electrons. The molecule has 0 aliphatic carbocycles. The van der Waals surface area contributed by atoms with Crippen molar-refractivity contribution in [2.45, 2.75) is 12.0 Å². The quantitative estimate of drug-likeness (QED) is 0.680. The van der Waals surface area contributed by atoms with Crippen LogP contribution in [0.2, 0.25) is 0 Å². The normalized spacial score (nSPS) is 11.6. The lowest BCUT2D eigenvalue weighted by molar-refractivity contribution is -0.145. The largest absolute Gasteiger partial charge is 0.467 e. The van der Waals surface area contributed by atoms with Crippen LogP contribution in [0, 0.1) is 0 Å². The van der Waals surface area contributed by atoms with Crippen molar-refractivity contribution in [3.63, 3.8) is 0 Å². The topological polar surface area (TPSA) is 55.4 Å². The van der Waals surface area contributed by atoms with Crippen LogP contribution >= 0.6 is 0 Å². The van der Waals surface area contributed by atoms with Gasteiger partial charge >= 0.3 is 5.97 Å². The fourth-order valence-corrected chi connectivity index (χ4v) is 3.05. The minimum Gasteiger partial charge on any atom is -0.467 e. The second kappa shape index (κ2) is 8.81. The zero-order valence-corrected chi connectivity index (χ0v) is 15.0. The number of amides is 1. The second-order valence-electron chi connectivity index (χ2n) is 6.13. The van der Waals surface area contributed by atoms with E-state index in [4.69, 9.17) is 4.74 Å². The van der Waals surface area contributed by atoms with Crippen LogP contribution in [0.1, 0.15) is 28.7 Å². The van der Waals surface area contributed by atoms with Crippen molar-refractivity contribution in [2.75, 3.05) is 7.11 Å². The van der Waals surface area contributed by atoms with Crippen LogP contribution in [0.3, 0.4) is 0 Å². The Balaban J connectivity index is 1.95. The van der Waals surface area contributed by atoms with Crippen molar-refractivity contribution in [2.24, 2.45) is 0 Å². The lowest BCUT2D eigenvalue weighted by atomic mass is 9.90. The van der Waals surface area contributed by atoms with Gasteiger partial charge < -0.3 is 10.1 Å². The molecule has 3 aromatic carbocycles. The number of carbonyl (C=O) groups is 2. The molecule has 0 aromatic heterocycles. The minimum absolute atomic E-state index is 0.258. The van der Waals surface area contributed by atoms with E-state index in [0.29, 0.717) is 5.56 Å². The van der Waals surface area contributed by atoms with Crippen LogP contribution in [0.25, 0.3) is 0 Å². The highest BCUT2D eigenvalue weighted by Crippen LogP contribution is 2.26. The number of rotatable bonds is 6. The third kappa shape index (κ3) is 4.42. The molecule has 4 heteroatoms. The summed E-state index contributed by atoms with van der Waals surface area (Å²) in [5, 5.41) is 2.87. The van der Waals surface area contributed by atoms with Gasteiger partial charge in [0.2, 0.25) is 5.91 Å². The molecule has 0 fully saturated rings. The maximum absolute atomic E-state index is 13.2. The van der Waals surface area contributed by atoms with Gasteiger partial charge in [0, 0.05) is 0 Å². The monoisotopic (exact) mass is 359 g/mol. The van der Waals surface area contributed by atoms with E-state index in [-0.39, 0.29) is 5.91 Å². The fraction of sp³-hybridized carbons (Fsp3) is 0.130. The van der Waals surface area contributed by atoms with Crippen molar-refractivity contribution in [3.8, 4) is 0 Å². The highest BCUT2D eigenvalue weighted by atomic mass is 16.5. The molecule has 0 aliphatic rings. The Morgan fingerprint density at radius 2 is 1.11 bits per heavy atom. The van der Waals surface area contributed by atoms with Gasteiger partial charge in [0.25, 0.3) is 0 Å². The van der Waals surface area contributed by atoms with E-state index >= 15 is 0 Å². The zero-order chi connectivity index (χ0) is 19.1. The summed E-state index contributed by atoms with van der Waals surface area (Å²) >= 11 is 0. The Morgan fingerprint density at radius 1 is 0.704 bits per heavy atom. The molecule has 0 radical (unpaired) electrons. The number of methoxy groups -OCH3 is 1. The SMILES string of the molecule is COC(=O)[C@H](NC(=O)C(c1ccccc1)c1ccccc1)c1ccccc1. The predicted molar refractivity (Wildman–Crippen MR) is 104 cm³/mol. The molecular weight excluding hydrogens is 338 g/mol. The Hall–Kier alpha value is -3.40. The Kier molecular flexibility index (Phi) is 6.00. The van der Waals surface area contributed by atoms with Crippen LogP contribution in [-0.4, -0.2) is 19.0 Å². The molecule has 0 unspecified atom stereocenters. The summed E-state index contributed by atoms with van der Waals surface area (Å²) in [6.07, 6.45) is 0. The number of hydrogen-bond donors (Lipinski definition) is 1. The van der Waals surface area contributed by atoms with Gasteiger partial charge in [0.1, 0.15) is 0 Å². The lowest BCUT2D eigenvalue weighted by Crippen LogP contribution is -2.37. The first-order valence-corrected chi connectivity index (χ1v) is 8.73. The molecule has 1 atom stereocenters. The smallest absolute Gasteiger partial charge is 0.333 e. The molecule has 3 rings (SSSR count). The minimum atomic E-state index is -0.862. The number of benzene rings is 3. The summed E-state index contributed by atoms with van der Waals surface area (Å²) < 4.78 is 4.91. The van der Waals surface area contributed by atoms with Crippen LogP contribution in [-0.2, 0) is 14.3 Å². The molecule has 3 aromatic rings. The first-order valence-electron chi connectivity index (χ1n) is 8.73. The number of nitrogens with one attached hydrogen (secondary N) is 1. The molecule has 0 spiro atoms. The van der Waals surface area contributed by atoms with Gasteiger partial charge in [-0.1, -0.05) is 91.0 Å². The van der Waals surface area contributed by atoms with Crippen LogP contribution in [0.4, 0.5) is 0 Å². The van der Waals surface area contributed by atoms with E-state index in [0.717, 1.165) is 11.1 Å². The molecule has 0 saturated heterocycles. The van der Waals surface area contributed by atoms with E-state index in [1.54, 1.807) is 12.1 Å². The van der Waals surface area contributed by atoms with Crippen molar-refractivity contribution in [1.82, 2.24) is 5.32 Å². The standard InChI is InChI=1S/C23H21NO3/c1-27-23(26)21(19-15-9-4-10-16-19)24-22(25)20(17-11-5-2-6-12-17)18-13-7-3-8-14-18/h2-16,20-21H,1H3,(H,24,25)/t21-/m1/s1. The van der Waals surface area contributed by atoms with Gasteiger partial charge in [-0.05, 0) is 16.7 Å². The summed E-state index contributed by atoms with van der Waals surface area (Å²) in [5.41, 5.74) is 2.40. The van der Waals surface area contributed by atoms with E-state index < -0.39 is 17.9 Å². The van der Waals surface area contributed by atoms with Crippen LogP contribution < -0.4 is 5.32 Å². The summed E-state index contributed by atoms with van der Waals surface area (Å²) in [6, 6.07) is 27.3. The van der Waals surface area contributed by atoms with Crippen molar-refractivity contribution in [3.05, 3.63) is 108 Å². The number of ether oxygens (including phenoxy) is 1. The Morgan fingerprint density at radius 3 is 1.52 bits per heavy atom. The molecule has 0 saturated carbocycles. The number of hydrogen-bond acceptors (Lipinski definition) is 3. The molecule has 1 amide bonds. The molecule has 1 N–H and O–H groups in total. The first kappa shape index (κ1) is 18.4. The van der Waals surface area contributed by atoms with Gasteiger partial charge in [-0.2, -0.15) is 0 Å². The number of esters is 1. The molecule has 0 aliphatic heterocycles. The summed E-state index contributed by atoms with van der Waals surface area (Å²) in [6.45, 7) is 0. The number of carbonyl (C=O) groups excluding carboxylic acids is 2. The Labute approximate surface area is 158 Å². The summed E-state index contributed by atoms with van der Waals surface area (Å²) in [4.78, 5) is 25.5. The van der Waals surface area contributed by atoms with E-state index in [9.17, 15) is 9.59 Å². The van der Waals surface area contributed by atoms with E-state index in [1.165, 1.54) is 7.11 Å². The average Bonchev–Trinajstić information content (AvgIpc) is 2.74. The molecule has 4 nitrogen and oxygen atoms in total. The zero-order valence-electron chi connectivity index (χ0n) is 15.0. The summed E-state index contributed by atoms with van der Waals surface area (Å²) in [7, 11) is 1.32. The molecular formula is C23H21NO3. The van der Waals surface area contributed by atoms with Crippen molar-refractivity contribution >= 4 is 11.9 Å². The Bertz CT molecular complexity index is 840. The van der Waals surface area contributed by atoms with E-state index in [2.05, 4.69) is 5.32 Å². The average molecular weight is 359 g/mol. The van der Waals surface area contributed by atoms with Gasteiger partial charge in [0.05, 0.1) is 13.0 Å². The van der Waals surface area contributed by atoms with Gasteiger partial charge in [-0.25, -0.2) is 4.79 Å². The van der Waals surface area contributed by atoms with Gasteiger partial charge in [-0.15, -0.1) is 0 Å². The van der Waals surface area contributed by atoms with Crippen molar-refractivity contribution in [1.29, 1.82) is 0 Å². The molecule has 0 bridgehead atoms. The predicted octanol–water partition coefficient (Wildman–Crippen LogP) is 3.85. The van der Waals surface area contributed by atoms with Crippen molar-refractivity contribution < 1.29 is 14.3 Å². The van der Waals surface area contributed by atoms with Crippen LogP contribution in [0.15, 0.2) is 91.0 Å². The molecule has 0 heterocycles. The van der Waals surface area contributed by atoms with Gasteiger partial charge in [-0.3, -0.25) is 4.79 Å². The molecule has 27 heavy (non-hydrogen) atoms. The highest BCUT2D eigenvalue weighted by Gasteiger charge is 2.29. The maximum Gasteiger partial charge on any atom is 0.333 e. The van der Waals surface area contributed by atoms with Gasteiger partial charge in [0.15, 0.2) is 6.04 Å².